The molecular formula is C12H18BF2KO6. The Morgan fingerprint density at radius 1 is 1.00 bits per heavy atom. The first-order chi connectivity index (χ1) is 8.85. The van der Waals surface area contributed by atoms with Gasteiger partial charge in [0.25, 0.3) is 11.6 Å². The van der Waals surface area contributed by atoms with E-state index < -0.39 is 18.7 Å². The summed E-state index contributed by atoms with van der Waals surface area (Å²) in [5, 5.41) is 18.3. The molecule has 0 radical (unpaired) electrons. The molecule has 0 saturated heterocycles. The van der Waals surface area contributed by atoms with Gasteiger partial charge in [0.2, 0.25) is 0 Å². The second kappa shape index (κ2) is 8.90. The Balaban J connectivity index is 0. The quantitative estimate of drug-likeness (QED) is 0.531. The minimum atomic E-state index is -1.57. The Kier molecular flexibility index (Phi) is 9.90. The SMILES string of the molecule is COC1(C)Oc2ccc(B(O)O)cc2OC1(C)OC.F.[F-].[K+]. The van der Waals surface area contributed by atoms with E-state index in [2.05, 4.69) is 0 Å². The molecule has 1 aliphatic heterocycles. The Morgan fingerprint density at radius 2 is 1.45 bits per heavy atom. The van der Waals surface area contributed by atoms with Crippen molar-refractivity contribution in [2.24, 2.45) is 0 Å². The summed E-state index contributed by atoms with van der Waals surface area (Å²) in [5.74, 6) is -1.46. The number of fused-ring (bicyclic) bond motifs is 1. The molecule has 0 fully saturated rings. The summed E-state index contributed by atoms with van der Waals surface area (Å²) in [7, 11) is 1.41. The molecule has 1 aromatic rings. The van der Waals surface area contributed by atoms with Crippen LogP contribution in [0.5, 0.6) is 11.5 Å². The summed E-state index contributed by atoms with van der Waals surface area (Å²) in [4.78, 5) is 0. The number of halogens is 2. The second-order valence-corrected chi connectivity index (χ2v) is 4.58. The monoisotopic (exact) mass is 346 g/mol. The van der Waals surface area contributed by atoms with Crippen LogP contribution in [0.3, 0.4) is 0 Å². The van der Waals surface area contributed by atoms with E-state index in [-0.39, 0.29) is 60.8 Å². The standard InChI is InChI=1S/C12H17BO6.2FH.K/c1-11(16-3)12(2,17-4)19-10-7-8(13(14)15)5-6-9(10)18-11;;;/h5-7,14-15H,1-4H3;2*1H;/q;;;+1/p-1. The van der Waals surface area contributed by atoms with Crippen molar-refractivity contribution >= 4 is 12.6 Å². The minimum Gasteiger partial charge on any atom is -1.00 e. The van der Waals surface area contributed by atoms with Gasteiger partial charge in [-0.2, -0.15) is 0 Å². The van der Waals surface area contributed by atoms with Crippen molar-refractivity contribution in [1.82, 2.24) is 0 Å². The van der Waals surface area contributed by atoms with Crippen molar-refractivity contribution in [2.45, 2.75) is 25.4 Å². The third kappa shape index (κ3) is 4.19. The summed E-state index contributed by atoms with van der Waals surface area (Å²) in [6.45, 7) is 3.38. The average molecular weight is 346 g/mol. The van der Waals surface area contributed by atoms with Crippen molar-refractivity contribution in [2.75, 3.05) is 14.2 Å². The Bertz CT molecular complexity index is 495. The van der Waals surface area contributed by atoms with Gasteiger partial charge < -0.3 is 33.7 Å². The first-order valence-corrected chi connectivity index (χ1v) is 5.83. The van der Waals surface area contributed by atoms with Crippen LogP contribution in [0.15, 0.2) is 18.2 Å². The third-order valence-corrected chi connectivity index (χ3v) is 3.48. The van der Waals surface area contributed by atoms with E-state index in [9.17, 15) is 0 Å². The van der Waals surface area contributed by atoms with Crippen LogP contribution in [-0.4, -0.2) is 43.0 Å². The van der Waals surface area contributed by atoms with Crippen molar-refractivity contribution in [3.63, 3.8) is 0 Å². The van der Waals surface area contributed by atoms with E-state index in [1.54, 1.807) is 26.0 Å². The molecule has 10 heteroatoms. The molecule has 2 rings (SSSR count). The smallest absolute Gasteiger partial charge is 1.00 e. The zero-order valence-corrected chi connectivity index (χ0v) is 16.2. The van der Waals surface area contributed by atoms with Crippen LogP contribution in [0.1, 0.15) is 13.8 Å². The first kappa shape index (κ1) is 24.5. The van der Waals surface area contributed by atoms with Crippen LogP contribution >= 0.6 is 0 Å². The van der Waals surface area contributed by atoms with Crippen LogP contribution in [0, 0.1) is 0 Å². The maximum absolute atomic E-state index is 9.16. The molecule has 0 bridgehead atoms. The molecule has 0 saturated carbocycles. The Morgan fingerprint density at radius 3 is 1.86 bits per heavy atom. The topological polar surface area (TPSA) is 77.4 Å². The molecule has 0 spiro atoms. The van der Waals surface area contributed by atoms with Crippen molar-refractivity contribution in [1.29, 1.82) is 0 Å². The number of ether oxygens (including phenoxy) is 4. The van der Waals surface area contributed by atoms with Crippen molar-refractivity contribution < 1.29 is 89.8 Å². The third-order valence-electron chi connectivity index (χ3n) is 3.48. The molecule has 2 N–H and O–H groups in total. The molecule has 2 unspecified atom stereocenters. The van der Waals surface area contributed by atoms with Gasteiger partial charge in [0.1, 0.15) is 0 Å². The molecule has 1 heterocycles. The van der Waals surface area contributed by atoms with Gasteiger partial charge in [-0.3, -0.25) is 4.70 Å². The number of hydrogen-bond donors (Lipinski definition) is 2. The van der Waals surface area contributed by atoms with Gasteiger partial charge in [0.15, 0.2) is 11.5 Å². The van der Waals surface area contributed by atoms with E-state index >= 15 is 0 Å². The van der Waals surface area contributed by atoms with E-state index in [4.69, 9.17) is 29.0 Å². The molecular weight excluding hydrogens is 328 g/mol. The van der Waals surface area contributed by atoms with Gasteiger partial charge in [0, 0.05) is 28.1 Å². The van der Waals surface area contributed by atoms with Gasteiger partial charge in [-0.05, 0) is 17.6 Å². The Hall–Kier alpha value is 0.221. The summed E-state index contributed by atoms with van der Waals surface area (Å²) < 4.78 is 22.2. The summed E-state index contributed by atoms with van der Waals surface area (Å²) in [6.07, 6.45) is 0. The number of hydrogen-bond acceptors (Lipinski definition) is 6. The zero-order chi connectivity index (χ0) is 14.3. The molecule has 0 amide bonds. The van der Waals surface area contributed by atoms with E-state index in [1.807, 2.05) is 0 Å². The minimum absolute atomic E-state index is 0. The van der Waals surface area contributed by atoms with Crippen molar-refractivity contribution in [3.8, 4) is 11.5 Å². The molecule has 120 valence electrons. The fraction of sp³-hybridized carbons (Fsp3) is 0.500. The average Bonchev–Trinajstić information content (AvgIpc) is 2.39. The van der Waals surface area contributed by atoms with Crippen LogP contribution in [0.2, 0.25) is 0 Å². The van der Waals surface area contributed by atoms with Crippen LogP contribution < -0.4 is 71.0 Å². The first-order valence-electron chi connectivity index (χ1n) is 5.83. The summed E-state index contributed by atoms with van der Waals surface area (Å²) in [5.41, 5.74) is 0.307. The largest absolute Gasteiger partial charge is 1.00 e. The molecule has 0 aliphatic carbocycles. The molecule has 2 atom stereocenters. The molecule has 6 nitrogen and oxygen atoms in total. The van der Waals surface area contributed by atoms with Crippen molar-refractivity contribution in [3.05, 3.63) is 18.2 Å². The maximum Gasteiger partial charge on any atom is 1.00 e. The molecule has 0 aromatic heterocycles. The molecule has 22 heavy (non-hydrogen) atoms. The number of benzene rings is 1. The maximum atomic E-state index is 9.16. The van der Waals surface area contributed by atoms with Gasteiger partial charge in [0.05, 0.1) is 0 Å². The summed E-state index contributed by atoms with van der Waals surface area (Å²) in [6, 6.07) is 4.63. The van der Waals surface area contributed by atoms with E-state index in [1.165, 1.54) is 20.3 Å². The fourth-order valence-electron chi connectivity index (χ4n) is 1.91. The summed E-state index contributed by atoms with van der Waals surface area (Å²) >= 11 is 0. The fourth-order valence-corrected chi connectivity index (χ4v) is 1.91. The normalized spacial score (nSPS) is 25.2. The molecule has 1 aliphatic rings. The van der Waals surface area contributed by atoms with Crippen LogP contribution in [0.4, 0.5) is 4.70 Å². The van der Waals surface area contributed by atoms with Gasteiger partial charge >= 0.3 is 58.5 Å². The van der Waals surface area contributed by atoms with Crippen LogP contribution in [-0.2, 0) is 9.47 Å². The Labute approximate surface area is 170 Å². The van der Waals surface area contributed by atoms with Crippen LogP contribution in [0.25, 0.3) is 0 Å². The molecule has 1 aromatic carbocycles. The second-order valence-electron chi connectivity index (χ2n) is 4.58. The predicted octanol–water partition coefficient (Wildman–Crippen LogP) is -5.98. The predicted molar refractivity (Wildman–Crippen MR) is 70.9 cm³/mol. The van der Waals surface area contributed by atoms with Gasteiger partial charge in [-0.1, -0.05) is 6.07 Å². The number of methoxy groups -OCH3 is 2. The van der Waals surface area contributed by atoms with E-state index in [0.29, 0.717) is 17.0 Å². The van der Waals surface area contributed by atoms with Gasteiger partial charge in [-0.15, -0.1) is 0 Å². The van der Waals surface area contributed by atoms with E-state index in [0.717, 1.165) is 0 Å². The number of rotatable bonds is 3. The van der Waals surface area contributed by atoms with Gasteiger partial charge in [-0.25, -0.2) is 0 Å². The zero-order valence-electron chi connectivity index (χ0n) is 13.1.